The lowest BCUT2D eigenvalue weighted by Gasteiger charge is -2.06. The number of nitro groups is 1. The average Bonchev–Trinajstić information content (AvgIpc) is 2.85. The molecule has 0 aliphatic heterocycles. The number of aromatic nitrogens is 2. The first-order valence-electron chi connectivity index (χ1n) is 6.03. The van der Waals surface area contributed by atoms with Crippen LogP contribution in [0.4, 0.5) is 5.69 Å². The third-order valence-electron chi connectivity index (χ3n) is 2.63. The molecule has 0 saturated heterocycles. The number of carboxylic acid groups (broad SMARTS) is 1. The first kappa shape index (κ1) is 15.7. The van der Waals surface area contributed by atoms with E-state index in [-0.39, 0.29) is 15.8 Å². The Balaban J connectivity index is 2.36. The van der Waals surface area contributed by atoms with Crippen LogP contribution in [0.25, 0.3) is 6.08 Å². The molecule has 0 N–H and O–H groups in total. The van der Waals surface area contributed by atoms with Crippen LogP contribution in [-0.2, 0) is 4.79 Å². The fourth-order valence-electron chi connectivity index (χ4n) is 1.61. The van der Waals surface area contributed by atoms with E-state index in [9.17, 15) is 20.0 Å². The fourth-order valence-corrected chi connectivity index (χ4v) is 2.32. The van der Waals surface area contributed by atoms with Gasteiger partial charge in [-0.15, -0.1) is 10.2 Å². The van der Waals surface area contributed by atoms with Crippen molar-refractivity contribution < 1.29 is 19.2 Å². The molecule has 2 aromatic rings. The normalized spacial score (nSPS) is 11.5. The van der Waals surface area contributed by atoms with Crippen molar-refractivity contribution in [1.82, 2.24) is 10.2 Å². The van der Waals surface area contributed by atoms with E-state index in [0.29, 0.717) is 17.0 Å². The first-order chi connectivity index (χ1) is 10.4. The number of thioether (sulfide) groups is 1. The maximum absolute atomic E-state index is 11.2. The van der Waals surface area contributed by atoms with Crippen molar-refractivity contribution in [2.24, 2.45) is 0 Å². The molecule has 0 atom stereocenters. The second-order valence-corrected chi connectivity index (χ2v) is 5.28. The predicted octanol–water partition coefficient (Wildman–Crippen LogP) is 1.48. The Morgan fingerprint density at radius 2 is 2.09 bits per heavy atom. The zero-order chi connectivity index (χ0) is 16.3. The Bertz CT molecular complexity index is 769. The lowest BCUT2D eigenvalue weighted by atomic mass is 10.1. The van der Waals surface area contributed by atoms with Gasteiger partial charge in [0, 0.05) is 23.5 Å². The number of carbonyl (C=O) groups excluding carboxylic acids is 1. The van der Waals surface area contributed by atoms with Gasteiger partial charge in [0.2, 0.25) is 5.89 Å². The van der Waals surface area contributed by atoms with E-state index in [1.807, 2.05) is 0 Å². The van der Waals surface area contributed by atoms with Gasteiger partial charge in [0.25, 0.3) is 10.9 Å². The average molecular weight is 320 g/mol. The van der Waals surface area contributed by atoms with Crippen LogP contribution < -0.4 is 5.11 Å². The minimum absolute atomic E-state index is 0.0505. The van der Waals surface area contributed by atoms with E-state index in [1.54, 1.807) is 26.0 Å². The van der Waals surface area contributed by atoms with Crippen LogP contribution >= 0.6 is 11.8 Å². The molecule has 0 unspecified atom stereocenters. The minimum Gasteiger partial charge on any atom is -0.544 e. The standard InChI is InChI=1S/C13H11N3O5S/c1-7-3-4-9(5-10(7)16(19)20)6-11(12(17)18)22-13-15-14-8(2)21-13/h3-6H,1-2H3,(H,17,18)/p-1/b11-6+. The summed E-state index contributed by atoms with van der Waals surface area (Å²) >= 11 is 0.720. The molecule has 9 heteroatoms. The van der Waals surface area contributed by atoms with Gasteiger partial charge in [0.1, 0.15) is 0 Å². The number of hydrogen-bond acceptors (Lipinski definition) is 8. The van der Waals surface area contributed by atoms with E-state index in [0.717, 1.165) is 11.8 Å². The maximum Gasteiger partial charge on any atom is 0.281 e. The highest BCUT2D eigenvalue weighted by molar-refractivity contribution is 8.03. The molecule has 0 spiro atoms. The molecule has 114 valence electrons. The molecule has 22 heavy (non-hydrogen) atoms. The Kier molecular flexibility index (Phi) is 4.56. The largest absolute Gasteiger partial charge is 0.544 e. The van der Waals surface area contributed by atoms with Gasteiger partial charge >= 0.3 is 0 Å². The highest BCUT2D eigenvalue weighted by atomic mass is 32.2. The topological polar surface area (TPSA) is 122 Å². The van der Waals surface area contributed by atoms with E-state index < -0.39 is 10.9 Å². The molecular weight excluding hydrogens is 310 g/mol. The van der Waals surface area contributed by atoms with Crippen molar-refractivity contribution in [2.75, 3.05) is 0 Å². The first-order valence-corrected chi connectivity index (χ1v) is 6.84. The molecular formula is C13H10N3O5S-. The molecule has 1 heterocycles. The van der Waals surface area contributed by atoms with Crippen molar-refractivity contribution in [3.63, 3.8) is 0 Å². The molecule has 0 amide bonds. The Hall–Kier alpha value is -2.68. The summed E-state index contributed by atoms with van der Waals surface area (Å²) in [7, 11) is 0. The third-order valence-corrected chi connectivity index (χ3v) is 3.48. The molecule has 0 aliphatic carbocycles. The molecule has 0 bridgehead atoms. The van der Waals surface area contributed by atoms with Gasteiger partial charge in [-0.05, 0) is 30.3 Å². The van der Waals surface area contributed by atoms with Crippen LogP contribution in [0.15, 0.2) is 32.7 Å². The number of aliphatic carboxylic acids is 1. The molecule has 8 nitrogen and oxygen atoms in total. The fraction of sp³-hybridized carbons (Fsp3) is 0.154. The lowest BCUT2D eigenvalue weighted by molar-refractivity contribution is -0.385. The van der Waals surface area contributed by atoms with E-state index >= 15 is 0 Å². The number of nitrogens with zero attached hydrogens (tertiary/aromatic N) is 3. The van der Waals surface area contributed by atoms with Gasteiger partial charge in [0.05, 0.1) is 10.9 Å². The quantitative estimate of drug-likeness (QED) is 0.351. The molecule has 2 rings (SSSR count). The van der Waals surface area contributed by atoms with Gasteiger partial charge in [0.15, 0.2) is 0 Å². The van der Waals surface area contributed by atoms with Crippen molar-refractivity contribution in [1.29, 1.82) is 0 Å². The SMILES string of the molecule is Cc1nnc(S/C(=C/c2ccc(C)c([N+](=O)[O-])c2)C(=O)[O-])o1. The number of benzene rings is 1. The summed E-state index contributed by atoms with van der Waals surface area (Å²) in [5, 5.41) is 29.4. The van der Waals surface area contributed by atoms with Gasteiger partial charge < -0.3 is 14.3 Å². The van der Waals surface area contributed by atoms with Gasteiger partial charge in [-0.1, -0.05) is 12.1 Å². The zero-order valence-corrected chi connectivity index (χ0v) is 12.4. The van der Waals surface area contributed by atoms with Gasteiger partial charge in [-0.2, -0.15) is 0 Å². The monoisotopic (exact) mass is 320 g/mol. The second-order valence-electron chi connectivity index (χ2n) is 4.29. The van der Waals surface area contributed by atoms with Gasteiger partial charge in [-0.25, -0.2) is 0 Å². The predicted molar refractivity (Wildman–Crippen MR) is 75.7 cm³/mol. The summed E-state index contributed by atoms with van der Waals surface area (Å²) < 4.78 is 5.08. The van der Waals surface area contributed by atoms with Crippen LogP contribution in [-0.4, -0.2) is 21.1 Å². The van der Waals surface area contributed by atoms with Crippen LogP contribution in [0.1, 0.15) is 17.0 Å². The molecule has 0 aliphatic rings. The maximum atomic E-state index is 11.2. The number of hydrogen-bond donors (Lipinski definition) is 0. The summed E-state index contributed by atoms with van der Waals surface area (Å²) in [6.45, 7) is 3.17. The molecule has 1 aromatic heterocycles. The summed E-state index contributed by atoms with van der Waals surface area (Å²) in [5.41, 5.74) is 0.752. The third kappa shape index (κ3) is 3.70. The molecule has 0 fully saturated rings. The van der Waals surface area contributed by atoms with Crippen molar-refractivity contribution in [2.45, 2.75) is 19.1 Å². The van der Waals surface area contributed by atoms with Crippen LogP contribution in [0.2, 0.25) is 0 Å². The van der Waals surface area contributed by atoms with Crippen LogP contribution in [0.5, 0.6) is 0 Å². The zero-order valence-electron chi connectivity index (χ0n) is 11.6. The van der Waals surface area contributed by atoms with Gasteiger partial charge in [-0.3, -0.25) is 10.1 Å². The Morgan fingerprint density at radius 1 is 1.36 bits per heavy atom. The number of carbonyl (C=O) groups is 1. The highest BCUT2D eigenvalue weighted by Crippen LogP contribution is 2.28. The summed E-state index contributed by atoms with van der Waals surface area (Å²) in [5.74, 6) is -1.14. The number of aryl methyl sites for hydroxylation is 2. The second kappa shape index (κ2) is 6.39. The lowest BCUT2D eigenvalue weighted by Crippen LogP contribution is -2.23. The van der Waals surface area contributed by atoms with E-state index in [2.05, 4.69) is 10.2 Å². The van der Waals surface area contributed by atoms with E-state index in [4.69, 9.17) is 4.42 Å². The summed E-state index contributed by atoms with van der Waals surface area (Å²) in [6, 6.07) is 4.40. The number of carboxylic acids is 1. The number of nitro benzene ring substituents is 1. The van der Waals surface area contributed by atoms with Crippen molar-refractivity contribution >= 4 is 29.5 Å². The summed E-state index contributed by atoms with van der Waals surface area (Å²) in [6.07, 6.45) is 1.26. The smallest absolute Gasteiger partial charge is 0.281 e. The molecule has 0 radical (unpaired) electrons. The molecule has 0 saturated carbocycles. The van der Waals surface area contributed by atoms with E-state index in [1.165, 1.54) is 12.1 Å². The Morgan fingerprint density at radius 3 is 2.64 bits per heavy atom. The minimum atomic E-state index is -1.44. The molecule has 1 aromatic carbocycles. The Labute approximate surface area is 129 Å². The van der Waals surface area contributed by atoms with Crippen molar-refractivity contribution in [3.05, 3.63) is 50.2 Å². The number of rotatable bonds is 5. The van der Waals surface area contributed by atoms with Crippen LogP contribution in [0.3, 0.4) is 0 Å². The van der Waals surface area contributed by atoms with Crippen LogP contribution in [0, 0.1) is 24.0 Å². The summed E-state index contributed by atoms with van der Waals surface area (Å²) in [4.78, 5) is 21.4. The van der Waals surface area contributed by atoms with Crippen molar-refractivity contribution in [3.8, 4) is 0 Å². The highest BCUT2D eigenvalue weighted by Gasteiger charge is 2.12.